The Kier molecular flexibility index (Phi) is 8.30. The summed E-state index contributed by atoms with van der Waals surface area (Å²) in [6.45, 7) is 2.19. The molecule has 1 aliphatic carbocycles. The second-order valence-corrected chi connectivity index (χ2v) is 8.43. The monoisotopic (exact) mass is 456 g/mol. The first-order valence-electron chi connectivity index (χ1n) is 10.9. The minimum atomic E-state index is -0.950. The summed E-state index contributed by atoms with van der Waals surface area (Å²) in [7, 11) is 0. The van der Waals surface area contributed by atoms with E-state index >= 15 is 0 Å². The summed E-state index contributed by atoms with van der Waals surface area (Å²) in [5.41, 5.74) is 2.34. The number of carbonyl (C=O) groups excluding carboxylic acids is 1. The zero-order valence-electron chi connectivity index (χ0n) is 18.6. The zero-order chi connectivity index (χ0) is 23.8. The van der Waals surface area contributed by atoms with Crippen LogP contribution in [0.5, 0.6) is 0 Å². The number of nitrogens with one attached hydrogen (secondary N) is 4. The fourth-order valence-corrected chi connectivity index (χ4v) is 3.93. The number of hydrogen-bond acceptors (Lipinski definition) is 5. The third-order valence-corrected chi connectivity index (χ3v) is 5.73. The van der Waals surface area contributed by atoms with Crippen LogP contribution >= 0.6 is 0 Å². The van der Waals surface area contributed by atoms with Crippen molar-refractivity contribution in [3.8, 4) is 0 Å². The molecular formula is C25H30F2N4O2. The van der Waals surface area contributed by atoms with Gasteiger partial charge >= 0.3 is 0 Å². The fourth-order valence-electron chi connectivity index (χ4n) is 3.93. The Morgan fingerprint density at radius 3 is 2.55 bits per heavy atom. The molecule has 0 radical (unpaired) electrons. The number of carbonyl (C=O) groups is 1. The van der Waals surface area contributed by atoms with Crippen LogP contribution < -0.4 is 16.0 Å². The number of hydrogen-bond donors (Lipinski definition) is 5. The van der Waals surface area contributed by atoms with Crippen molar-refractivity contribution in [2.24, 2.45) is 0 Å². The summed E-state index contributed by atoms with van der Waals surface area (Å²) < 4.78 is 27.1. The van der Waals surface area contributed by atoms with Gasteiger partial charge in [-0.15, -0.1) is 0 Å². The summed E-state index contributed by atoms with van der Waals surface area (Å²) in [5, 5.41) is 27.1. The number of benzene rings is 2. The number of amides is 1. The van der Waals surface area contributed by atoms with Crippen LogP contribution in [-0.2, 0) is 23.3 Å². The molecule has 8 heteroatoms. The summed E-state index contributed by atoms with van der Waals surface area (Å²) in [6.07, 6.45) is 5.53. The number of allylic oxidation sites excluding steroid dienone is 1. The molecule has 2 unspecified atom stereocenters. The molecule has 0 bridgehead atoms. The Labute approximate surface area is 192 Å². The van der Waals surface area contributed by atoms with E-state index in [0.717, 1.165) is 30.0 Å². The average Bonchev–Trinajstić information content (AvgIpc) is 3.55. The Morgan fingerprint density at radius 2 is 1.91 bits per heavy atom. The molecule has 0 aliphatic heterocycles. The van der Waals surface area contributed by atoms with Crippen molar-refractivity contribution in [1.29, 1.82) is 5.41 Å². The van der Waals surface area contributed by atoms with Crippen LogP contribution in [0.4, 0.5) is 8.78 Å². The van der Waals surface area contributed by atoms with Gasteiger partial charge in [0.25, 0.3) is 0 Å². The molecule has 2 atom stereocenters. The zero-order valence-corrected chi connectivity index (χ0v) is 18.6. The molecule has 1 aliphatic rings. The van der Waals surface area contributed by atoms with Crippen molar-refractivity contribution < 1.29 is 18.7 Å². The highest BCUT2D eigenvalue weighted by atomic mass is 19.1. The molecule has 0 saturated heterocycles. The summed E-state index contributed by atoms with van der Waals surface area (Å²) in [6, 6.07) is 10.7. The van der Waals surface area contributed by atoms with Gasteiger partial charge in [0, 0.05) is 37.8 Å². The predicted molar refractivity (Wildman–Crippen MR) is 124 cm³/mol. The van der Waals surface area contributed by atoms with Crippen molar-refractivity contribution in [1.82, 2.24) is 16.0 Å². The van der Waals surface area contributed by atoms with Crippen LogP contribution in [0.15, 0.2) is 54.7 Å². The minimum absolute atomic E-state index is 0.106. The molecule has 1 saturated carbocycles. The quantitative estimate of drug-likeness (QED) is 0.317. The smallest absolute Gasteiger partial charge is 0.217 e. The van der Waals surface area contributed by atoms with Crippen LogP contribution in [0, 0.1) is 17.0 Å². The third kappa shape index (κ3) is 7.20. The van der Waals surface area contributed by atoms with E-state index in [1.54, 1.807) is 12.3 Å². The second-order valence-electron chi connectivity index (χ2n) is 8.43. The highest BCUT2D eigenvalue weighted by Crippen LogP contribution is 2.45. The molecule has 3 rings (SSSR count). The van der Waals surface area contributed by atoms with Crippen LogP contribution in [0.3, 0.4) is 0 Å². The number of aliphatic hydroxyl groups excluding tert-OH is 1. The maximum absolute atomic E-state index is 13.6. The Hall–Kier alpha value is -3.10. The molecule has 2 aromatic carbocycles. The first-order chi connectivity index (χ1) is 15.8. The summed E-state index contributed by atoms with van der Waals surface area (Å²) in [5.74, 6) is -1.72. The lowest BCUT2D eigenvalue weighted by atomic mass is 9.98. The van der Waals surface area contributed by atoms with Gasteiger partial charge in [-0.3, -0.25) is 4.79 Å². The topological polar surface area (TPSA) is 97.2 Å². The Balaban J connectivity index is 1.64. The molecule has 33 heavy (non-hydrogen) atoms. The lowest BCUT2D eigenvalue weighted by molar-refractivity contribution is -0.120. The Morgan fingerprint density at radius 1 is 1.18 bits per heavy atom. The van der Waals surface area contributed by atoms with Crippen molar-refractivity contribution >= 4 is 12.1 Å². The summed E-state index contributed by atoms with van der Waals surface area (Å²) in [4.78, 5) is 11.7. The van der Waals surface area contributed by atoms with Gasteiger partial charge in [0.2, 0.25) is 5.91 Å². The fraction of sp³-hybridized carbons (Fsp3) is 0.360. The van der Waals surface area contributed by atoms with Crippen molar-refractivity contribution in [3.63, 3.8) is 0 Å². The van der Waals surface area contributed by atoms with Gasteiger partial charge < -0.3 is 26.5 Å². The van der Waals surface area contributed by atoms with E-state index in [4.69, 9.17) is 5.41 Å². The molecule has 2 aromatic rings. The molecule has 1 fully saturated rings. The Bertz CT molecular complexity index is 987. The lowest BCUT2D eigenvalue weighted by Crippen LogP contribution is -2.49. The van der Waals surface area contributed by atoms with Crippen molar-refractivity contribution in [2.75, 3.05) is 6.54 Å². The predicted octanol–water partition coefficient (Wildman–Crippen LogP) is 2.90. The number of aliphatic hydroxyl groups is 1. The van der Waals surface area contributed by atoms with Gasteiger partial charge in [-0.1, -0.05) is 24.3 Å². The highest BCUT2D eigenvalue weighted by Gasteiger charge is 2.44. The number of halogens is 2. The van der Waals surface area contributed by atoms with Crippen LogP contribution in [0.2, 0.25) is 0 Å². The highest BCUT2D eigenvalue weighted by molar-refractivity contribution is 5.73. The molecular weight excluding hydrogens is 426 g/mol. The lowest BCUT2D eigenvalue weighted by Gasteiger charge is -2.27. The van der Waals surface area contributed by atoms with Crippen LogP contribution in [0.1, 0.15) is 36.5 Å². The molecule has 0 spiro atoms. The van der Waals surface area contributed by atoms with E-state index in [0.29, 0.717) is 12.1 Å². The molecule has 176 valence electrons. The standard InChI is InChI=1S/C25H30F2N4O2/c1-17(32)31-23(13-19-11-21(26)14-22(27)12-19)24(33)16-30-25(6-7-25)20-5-2-4-18(10-20)15-29-9-3-8-28/h2-5,8-12,14,23-24,28-30,33H,6-7,13,15-16H2,1H3,(H,31,32)/b9-3-,28-8?. The van der Waals surface area contributed by atoms with E-state index < -0.39 is 23.8 Å². The van der Waals surface area contributed by atoms with E-state index in [-0.39, 0.29) is 24.4 Å². The second kappa shape index (κ2) is 11.2. The minimum Gasteiger partial charge on any atom is -0.390 e. The molecule has 1 amide bonds. The molecule has 5 N–H and O–H groups in total. The molecule has 0 aromatic heterocycles. The average molecular weight is 457 g/mol. The van der Waals surface area contributed by atoms with Gasteiger partial charge in [0.05, 0.1) is 12.1 Å². The van der Waals surface area contributed by atoms with E-state index in [1.807, 2.05) is 18.2 Å². The van der Waals surface area contributed by atoms with Crippen LogP contribution in [0.25, 0.3) is 0 Å². The van der Waals surface area contributed by atoms with Crippen molar-refractivity contribution in [3.05, 3.63) is 83.1 Å². The maximum Gasteiger partial charge on any atom is 0.217 e. The molecule has 0 heterocycles. The molecule has 6 nitrogen and oxygen atoms in total. The van der Waals surface area contributed by atoms with Crippen molar-refractivity contribution in [2.45, 2.75) is 50.4 Å². The van der Waals surface area contributed by atoms with E-state index in [9.17, 15) is 18.7 Å². The maximum atomic E-state index is 13.6. The van der Waals surface area contributed by atoms with Gasteiger partial charge in [-0.2, -0.15) is 0 Å². The normalized spacial score (nSPS) is 16.2. The number of rotatable bonds is 12. The largest absolute Gasteiger partial charge is 0.390 e. The van der Waals surface area contributed by atoms with Gasteiger partial charge in [0.15, 0.2) is 0 Å². The first-order valence-corrected chi connectivity index (χ1v) is 10.9. The van der Waals surface area contributed by atoms with Gasteiger partial charge in [-0.25, -0.2) is 8.78 Å². The van der Waals surface area contributed by atoms with Crippen LogP contribution in [-0.4, -0.2) is 35.9 Å². The SMILES string of the molecule is CC(=O)NC(Cc1cc(F)cc(F)c1)C(O)CNC1(c2cccc(CN/C=C\C=N)c2)CC1. The summed E-state index contributed by atoms with van der Waals surface area (Å²) >= 11 is 0. The van der Waals surface area contributed by atoms with E-state index in [2.05, 4.69) is 22.0 Å². The third-order valence-electron chi connectivity index (χ3n) is 5.73. The first kappa shape index (κ1) is 24.5. The van der Waals surface area contributed by atoms with Gasteiger partial charge in [-0.05, 0) is 60.4 Å². The van der Waals surface area contributed by atoms with Gasteiger partial charge in [0.1, 0.15) is 11.6 Å². The van der Waals surface area contributed by atoms with E-state index in [1.165, 1.54) is 25.3 Å².